The van der Waals surface area contributed by atoms with E-state index >= 15 is 0 Å². The van der Waals surface area contributed by atoms with E-state index in [1.807, 2.05) is 19.9 Å². The van der Waals surface area contributed by atoms with Crippen LogP contribution in [0.1, 0.15) is 46.0 Å². The molecule has 2 aliphatic rings. The molecule has 0 bridgehead atoms. The average molecular weight is 632 g/mol. The number of carbonyl (C=O) groups excluding carboxylic acids is 2. The molecule has 12 heteroatoms. The molecular weight excluding hydrogens is 596 g/mol. The van der Waals surface area contributed by atoms with E-state index in [9.17, 15) is 18.4 Å². The van der Waals surface area contributed by atoms with Crippen molar-refractivity contribution in [2.24, 2.45) is 0 Å². The Bertz CT molecular complexity index is 1710. The number of anilines is 2. The highest BCUT2D eigenvalue weighted by Crippen LogP contribution is 2.37. The maximum absolute atomic E-state index is 14.9. The second kappa shape index (κ2) is 14.3. The van der Waals surface area contributed by atoms with Crippen molar-refractivity contribution in [3.63, 3.8) is 0 Å². The molecule has 1 N–H and O–H groups in total. The van der Waals surface area contributed by atoms with Crippen molar-refractivity contribution in [3.05, 3.63) is 94.9 Å². The number of morpholine rings is 1. The first-order valence-electron chi connectivity index (χ1n) is 14.9. The number of ether oxygens (including phenoxy) is 3. The Morgan fingerprint density at radius 1 is 0.978 bits per heavy atom. The Morgan fingerprint density at radius 3 is 2.37 bits per heavy atom. The van der Waals surface area contributed by atoms with Crippen molar-refractivity contribution in [2.45, 2.75) is 26.9 Å². The highest BCUT2D eigenvalue weighted by Gasteiger charge is 2.33. The van der Waals surface area contributed by atoms with Crippen LogP contribution in [0.2, 0.25) is 0 Å². The van der Waals surface area contributed by atoms with E-state index in [-0.39, 0.29) is 47.4 Å². The van der Waals surface area contributed by atoms with Gasteiger partial charge in [-0.25, -0.2) is 18.7 Å². The molecule has 0 saturated carbocycles. The Hall–Kier alpha value is -5.10. The Labute approximate surface area is 265 Å². The maximum Gasteiger partial charge on any atom is 0.272 e. The van der Waals surface area contributed by atoms with E-state index in [4.69, 9.17) is 14.2 Å². The summed E-state index contributed by atoms with van der Waals surface area (Å²) in [5.41, 5.74) is 2.15. The summed E-state index contributed by atoms with van der Waals surface area (Å²) in [4.78, 5) is 38.8. The number of methoxy groups -OCH3 is 2. The molecule has 240 valence electrons. The lowest BCUT2D eigenvalue weighted by Gasteiger charge is -2.26. The second-order valence-corrected chi connectivity index (χ2v) is 10.3. The molecule has 1 saturated heterocycles. The van der Waals surface area contributed by atoms with Crippen molar-refractivity contribution in [1.29, 1.82) is 0 Å². The summed E-state index contributed by atoms with van der Waals surface area (Å²) in [5, 5.41) is 3.17. The molecule has 2 amide bonds. The van der Waals surface area contributed by atoms with Crippen molar-refractivity contribution < 1.29 is 32.6 Å². The largest absolute Gasteiger partial charge is 0.497 e. The smallest absolute Gasteiger partial charge is 0.272 e. The van der Waals surface area contributed by atoms with E-state index in [1.165, 1.54) is 25.4 Å². The topological polar surface area (TPSA) is 106 Å². The number of rotatable bonds is 8. The average Bonchev–Trinajstić information content (AvgIpc) is 3.40. The van der Waals surface area contributed by atoms with Gasteiger partial charge in [-0.2, -0.15) is 0 Å². The van der Waals surface area contributed by atoms with Gasteiger partial charge in [0.15, 0.2) is 0 Å². The molecule has 0 radical (unpaired) electrons. The minimum atomic E-state index is -0.778. The molecule has 0 unspecified atom stereocenters. The number of aromatic nitrogens is 2. The summed E-state index contributed by atoms with van der Waals surface area (Å²) < 4.78 is 45.8. The predicted octanol–water partition coefficient (Wildman–Crippen LogP) is 5.84. The van der Waals surface area contributed by atoms with Crippen molar-refractivity contribution >= 4 is 23.2 Å². The zero-order chi connectivity index (χ0) is 32.8. The van der Waals surface area contributed by atoms with Crippen LogP contribution in [0.15, 0.2) is 60.8 Å². The third kappa shape index (κ3) is 6.62. The van der Waals surface area contributed by atoms with Crippen LogP contribution < -0.4 is 14.8 Å². The summed E-state index contributed by atoms with van der Waals surface area (Å²) in [7, 11) is 3.09. The van der Waals surface area contributed by atoms with Gasteiger partial charge in [-0.1, -0.05) is 19.9 Å². The van der Waals surface area contributed by atoms with Gasteiger partial charge in [0.25, 0.3) is 11.8 Å². The third-order valence-electron chi connectivity index (χ3n) is 7.57. The first kappa shape index (κ1) is 32.3. The molecule has 2 aromatic heterocycles. The molecule has 2 aliphatic heterocycles. The molecule has 6 rings (SSSR count). The van der Waals surface area contributed by atoms with Gasteiger partial charge in [0.1, 0.15) is 28.8 Å². The monoisotopic (exact) mass is 631 g/mol. The number of halogens is 2. The van der Waals surface area contributed by atoms with Gasteiger partial charge in [0, 0.05) is 24.7 Å². The SMILES string of the molecule is CC.COc1ccc(CN2Cc3nc(-c4c(F)cccc4F)cc(Nc4ccc(C(=O)N5CCOCC5)nc4)c3C2=O)c(OC)c1. The van der Waals surface area contributed by atoms with Gasteiger partial charge in [-0.15, -0.1) is 0 Å². The van der Waals surface area contributed by atoms with Crippen LogP contribution in [0.5, 0.6) is 11.5 Å². The molecule has 4 heterocycles. The Kier molecular flexibility index (Phi) is 10.1. The minimum absolute atomic E-state index is 0.0330. The highest BCUT2D eigenvalue weighted by molar-refractivity contribution is 6.04. The molecule has 46 heavy (non-hydrogen) atoms. The normalized spacial score (nSPS) is 13.9. The maximum atomic E-state index is 14.9. The molecule has 0 aliphatic carbocycles. The van der Waals surface area contributed by atoms with Crippen LogP contribution in [-0.2, 0) is 17.8 Å². The molecule has 10 nitrogen and oxygen atoms in total. The number of hydrogen-bond acceptors (Lipinski definition) is 8. The summed E-state index contributed by atoms with van der Waals surface area (Å²) in [6.45, 7) is 6.22. The van der Waals surface area contributed by atoms with Gasteiger partial charge in [-0.05, 0) is 42.5 Å². The Morgan fingerprint density at radius 2 is 1.72 bits per heavy atom. The zero-order valence-corrected chi connectivity index (χ0v) is 26.1. The summed E-state index contributed by atoms with van der Waals surface area (Å²) >= 11 is 0. The van der Waals surface area contributed by atoms with Crippen LogP contribution >= 0.6 is 0 Å². The molecular formula is C34H35F2N5O5. The fourth-order valence-corrected chi connectivity index (χ4v) is 5.32. The number of benzene rings is 2. The van der Waals surface area contributed by atoms with Crippen LogP contribution in [0.4, 0.5) is 20.2 Å². The first-order valence-corrected chi connectivity index (χ1v) is 14.9. The van der Waals surface area contributed by atoms with Gasteiger partial charge < -0.3 is 29.3 Å². The molecule has 2 aromatic carbocycles. The van der Waals surface area contributed by atoms with E-state index in [0.717, 1.165) is 17.7 Å². The lowest BCUT2D eigenvalue weighted by molar-refractivity contribution is 0.0299. The lowest BCUT2D eigenvalue weighted by Crippen LogP contribution is -2.41. The fraction of sp³-hybridized carbons (Fsp3) is 0.294. The van der Waals surface area contributed by atoms with Crippen LogP contribution in [0.25, 0.3) is 11.3 Å². The van der Waals surface area contributed by atoms with Crippen molar-refractivity contribution in [2.75, 3.05) is 45.8 Å². The lowest BCUT2D eigenvalue weighted by atomic mass is 10.1. The third-order valence-corrected chi connectivity index (χ3v) is 7.57. The second-order valence-electron chi connectivity index (χ2n) is 10.3. The summed E-state index contributed by atoms with van der Waals surface area (Å²) in [5.74, 6) is -0.924. The van der Waals surface area contributed by atoms with Gasteiger partial charge in [0.2, 0.25) is 0 Å². The number of hydrogen-bond donors (Lipinski definition) is 1. The van der Waals surface area contributed by atoms with Crippen LogP contribution in [-0.4, -0.2) is 72.1 Å². The van der Waals surface area contributed by atoms with E-state index in [0.29, 0.717) is 54.9 Å². The van der Waals surface area contributed by atoms with Gasteiger partial charge >= 0.3 is 0 Å². The van der Waals surface area contributed by atoms with E-state index in [1.54, 1.807) is 41.2 Å². The number of fused-ring (bicyclic) bond motifs is 1. The molecule has 4 aromatic rings. The van der Waals surface area contributed by atoms with Crippen molar-refractivity contribution in [3.8, 4) is 22.8 Å². The number of amides is 2. The number of nitrogens with zero attached hydrogens (tertiary/aromatic N) is 4. The first-order chi connectivity index (χ1) is 22.4. The van der Waals surface area contributed by atoms with E-state index in [2.05, 4.69) is 15.3 Å². The standard InChI is InChI=1S/C32H29F2N5O5.C2H6/c1-42-21-8-6-19(28(14-21)43-2)17-39-18-27-30(32(39)41)26(15-25(37-27)29-22(33)4-3-5-23(29)34)36-20-7-9-24(35-16-20)31(40)38-10-12-44-13-11-38;1-2/h3-9,14-16H,10-13,17-18H2,1-2H3,(H,36,37);1-2H3. The van der Waals surface area contributed by atoms with E-state index < -0.39 is 11.6 Å². The fourth-order valence-electron chi connectivity index (χ4n) is 5.32. The number of pyridine rings is 2. The van der Waals surface area contributed by atoms with Crippen LogP contribution in [0, 0.1) is 11.6 Å². The van der Waals surface area contributed by atoms with Gasteiger partial charge in [0.05, 0.1) is 80.6 Å². The predicted molar refractivity (Wildman–Crippen MR) is 168 cm³/mol. The molecule has 0 atom stereocenters. The van der Waals surface area contributed by atoms with Crippen LogP contribution in [0.3, 0.4) is 0 Å². The summed E-state index contributed by atoms with van der Waals surface area (Å²) in [6.07, 6.45) is 1.48. The number of nitrogens with one attached hydrogen (secondary N) is 1. The van der Waals surface area contributed by atoms with Gasteiger partial charge in [-0.3, -0.25) is 9.59 Å². The molecule has 1 fully saturated rings. The Balaban J connectivity index is 0.00000204. The quantitative estimate of drug-likeness (QED) is 0.259. The number of carbonyl (C=O) groups is 2. The zero-order valence-electron chi connectivity index (χ0n) is 26.1. The molecule has 0 spiro atoms. The summed E-state index contributed by atoms with van der Waals surface area (Å²) in [6, 6.07) is 13.6. The highest BCUT2D eigenvalue weighted by atomic mass is 19.1. The van der Waals surface area contributed by atoms with Crippen molar-refractivity contribution in [1.82, 2.24) is 19.8 Å². The minimum Gasteiger partial charge on any atom is -0.497 e.